The molecule has 0 saturated heterocycles. The third-order valence-corrected chi connectivity index (χ3v) is 12.8. The summed E-state index contributed by atoms with van der Waals surface area (Å²) in [5.74, 6) is -1.04. The number of aliphatic carboxylic acids is 1. The van der Waals surface area contributed by atoms with E-state index in [1.807, 2.05) is 58.9 Å². The van der Waals surface area contributed by atoms with Crippen molar-refractivity contribution in [2.45, 2.75) is 65.8 Å². The van der Waals surface area contributed by atoms with Crippen LogP contribution < -0.4 is 0 Å². The maximum absolute atomic E-state index is 11.0. The highest BCUT2D eigenvalue weighted by atomic mass is 28.5. The van der Waals surface area contributed by atoms with Crippen molar-refractivity contribution < 1.29 is 26.7 Å². The van der Waals surface area contributed by atoms with Crippen LogP contribution in [-0.4, -0.2) is 45.1 Å². The van der Waals surface area contributed by atoms with E-state index in [4.69, 9.17) is 21.9 Å². The van der Waals surface area contributed by atoms with Crippen molar-refractivity contribution in [2.24, 2.45) is 0 Å². The van der Waals surface area contributed by atoms with E-state index in [1.54, 1.807) is 0 Å². The summed E-state index contributed by atoms with van der Waals surface area (Å²) in [7, 11) is -9.58. The molecule has 23 heavy (non-hydrogen) atoms. The van der Waals surface area contributed by atoms with Crippen LogP contribution in [0.1, 0.15) is 6.92 Å². The van der Waals surface area contributed by atoms with E-state index < -0.39 is 40.0 Å². The Bertz CT molecular complexity index is 404. The number of hydrogen-bond acceptors (Lipinski definition) is 5. The van der Waals surface area contributed by atoms with E-state index >= 15 is 0 Å². The van der Waals surface area contributed by atoms with Crippen molar-refractivity contribution in [1.82, 2.24) is 0 Å². The minimum atomic E-state index is -3.46. The molecule has 6 nitrogen and oxygen atoms in total. The van der Waals surface area contributed by atoms with Gasteiger partial charge in [0.2, 0.25) is 0 Å². The Morgan fingerprint density at radius 2 is 1.09 bits per heavy atom. The minimum absolute atomic E-state index is 0.0828. The first kappa shape index (κ1) is 22.8. The van der Waals surface area contributed by atoms with Gasteiger partial charge in [-0.15, -0.1) is 0 Å². The maximum Gasteiger partial charge on any atom is 0.717 e. The summed E-state index contributed by atoms with van der Waals surface area (Å²) in [5.41, 5.74) is 0.0828. The van der Waals surface area contributed by atoms with Crippen LogP contribution in [-0.2, 0) is 21.6 Å². The first-order valence-electron chi connectivity index (χ1n) is 7.63. The van der Waals surface area contributed by atoms with E-state index in [1.165, 1.54) is 13.2 Å². The van der Waals surface area contributed by atoms with Gasteiger partial charge in [0.25, 0.3) is 0 Å². The summed E-state index contributed by atoms with van der Waals surface area (Å²) in [6.07, 6.45) is 1.20. The van der Waals surface area contributed by atoms with Gasteiger partial charge in [-0.1, -0.05) is 0 Å². The molecule has 0 rings (SSSR count). The Morgan fingerprint density at radius 1 is 0.783 bits per heavy atom. The highest BCUT2D eigenvalue weighted by Crippen LogP contribution is 2.27. The topological polar surface area (TPSA) is 74.2 Å². The SMILES string of the molecule is CC(=CO[Si](O[Si](C)(C)C)(O[Si](C)(C)C)O[Si](C)(C)C)C(=O)O. The zero-order valence-corrected chi connectivity index (χ0v) is 20.1. The summed E-state index contributed by atoms with van der Waals surface area (Å²) in [6, 6.07) is 0. The van der Waals surface area contributed by atoms with Crippen LogP contribution in [0.25, 0.3) is 0 Å². The van der Waals surface area contributed by atoms with Gasteiger partial charge in [-0.3, -0.25) is 0 Å². The monoisotopic (exact) mass is 396 g/mol. The third-order valence-electron chi connectivity index (χ3n) is 2.01. The molecule has 0 aromatic heterocycles. The summed E-state index contributed by atoms with van der Waals surface area (Å²) < 4.78 is 24.6. The molecule has 10 heteroatoms. The van der Waals surface area contributed by atoms with Gasteiger partial charge >= 0.3 is 15.0 Å². The molecule has 0 fully saturated rings. The van der Waals surface area contributed by atoms with E-state index in [9.17, 15) is 4.79 Å². The lowest BCUT2D eigenvalue weighted by molar-refractivity contribution is -0.132. The van der Waals surface area contributed by atoms with Crippen LogP contribution in [0.5, 0.6) is 0 Å². The van der Waals surface area contributed by atoms with Crippen molar-refractivity contribution in [3.63, 3.8) is 0 Å². The zero-order chi connectivity index (χ0) is 18.7. The number of carbonyl (C=O) groups is 1. The number of carboxylic acid groups (broad SMARTS) is 1. The number of hydrogen-bond donors (Lipinski definition) is 1. The molecule has 136 valence electrons. The Kier molecular flexibility index (Phi) is 7.68. The van der Waals surface area contributed by atoms with Crippen LogP contribution >= 0.6 is 0 Å². The standard InChI is InChI=1S/C13H32O6Si4/c1-12(13(14)15)11-16-23(17-20(2,3)4,18-21(5,6)7)19-22(8,9)10/h11H,1-10H3,(H,14,15). The van der Waals surface area contributed by atoms with Crippen molar-refractivity contribution >= 4 is 40.0 Å². The van der Waals surface area contributed by atoms with E-state index in [2.05, 4.69) is 0 Å². The maximum atomic E-state index is 11.0. The van der Waals surface area contributed by atoms with Crippen LogP contribution in [0.2, 0.25) is 58.9 Å². The van der Waals surface area contributed by atoms with Crippen LogP contribution in [0.4, 0.5) is 0 Å². The van der Waals surface area contributed by atoms with Gasteiger partial charge in [-0.25, -0.2) is 4.79 Å². The first-order valence-corrected chi connectivity index (χ1v) is 19.5. The highest BCUT2D eigenvalue weighted by molar-refractivity contribution is 6.87. The van der Waals surface area contributed by atoms with Gasteiger partial charge in [-0.05, 0) is 65.8 Å². The summed E-state index contributed by atoms with van der Waals surface area (Å²) in [4.78, 5) is 11.0. The number of carboxylic acids is 1. The second-order valence-corrected chi connectivity index (χ2v) is 24.7. The molecule has 0 aliphatic heterocycles. The molecule has 0 unspecified atom stereocenters. The van der Waals surface area contributed by atoms with Crippen LogP contribution in [0, 0.1) is 0 Å². The molecular weight excluding hydrogens is 364 g/mol. The molecule has 0 radical (unpaired) electrons. The Morgan fingerprint density at radius 3 is 1.30 bits per heavy atom. The molecule has 0 atom stereocenters. The van der Waals surface area contributed by atoms with Gasteiger partial charge in [0.15, 0.2) is 25.0 Å². The summed E-state index contributed by atoms with van der Waals surface area (Å²) >= 11 is 0. The van der Waals surface area contributed by atoms with Gasteiger partial charge in [0.1, 0.15) is 0 Å². The average molecular weight is 397 g/mol. The second kappa shape index (κ2) is 7.76. The molecule has 0 bridgehead atoms. The van der Waals surface area contributed by atoms with Gasteiger partial charge < -0.3 is 21.9 Å². The normalized spacial score (nSPS) is 14.8. The van der Waals surface area contributed by atoms with Crippen molar-refractivity contribution in [3.8, 4) is 0 Å². The Labute approximate surface area is 144 Å². The Balaban J connectivity index is 5.81. The number of rotatable bonds is 9. The van der Waals surface area contributed by atoms with E-state index in [0.29, 0.717) is 0 Å². The van der Waals surface area contributed by atoms with Crippen LogP contribution in [0.3, 0.4) is 0 Å². The van der Waals surface area contributed by atoms with Gasteiger partial charge in [0, 0.05) is 0 Å². The second-order valence-electron chi connectivity index (χ2n) is 8.37. The Hall–Kier alpha value is -0.242. The molecule has 0 aliphatic carbocycles. The lowest BCUT2D eigenvalue weighted by atomic mass is 10.4. The van der Waals surface area contributed by atoms with Crippen molar-refractivity contribution in [1.29, 1.82) is 0 Å². The summed E-state index contributed by atoms with van der Waals surface area (Å²) in [6.45, 7) is 19.8. The largest absolute Gasteiger partial charge is 0.717 e. The molecule has 0 aromatic rings. The quantitative estimate of drug-likeness (QED) is 0.361. The van der Waals surface area contributed by atoms with E-state index in [-0.39, 0.29) is 5.57 Å². The third kappa shape index (κ3) is 11.0. The van der Waals surface area contributed by atoms with Gasteiger partial charge in [-0.2, -0.15) is 0 Å². The molecule has 0 amide bonds. The van der Waals surface area contributed by atoms with Crippen molar-refractivity contribution in [2.75, 3.05) is 0 Å². The molecule has 0 heterocycles. The molecule has 0 aliphatic rings. The fourth-order valence-electron chi connectivity index (χ4n) is 1.47. The smallest absolute Gasteiger partial charge is 0.488 e. The molecule has 0 spiro atoms. The molecule has 1 N–H and O–H groups in total. The van der Waals surface area contributed by atoms with Crippen molar-refractivity contribution in [3.05, 3.63) is 11.8 Å². The predicted molar refractivity (Wildman–Crippen MR) is 102 cm³/mol. The van der Waals surface area contributed by atoms with E-state index in [0.717, 1.165) is 0 Å². The molecular formula is C13H32O6Si4. The average Bonchev–Trinajstić information content (AvgIpc) is 2.17. The first-order chi connectivity index (χ1) is 9.95. The lowest BCUT2D eigenvalue weighted by Crippen LogP contribution is -2.61. The van der Waals surface area contributed by atoms with Gasteiger partial charge in [0.05, 0.1) is 11.8 Å². The highest BCUT2D eigenvalue weighted by Gasteiger charge is 2.55. The zero-order valence-electron chi connectivity index (χ0n) is 16.1. The fourth-order valence-corrected chi connectivity index (χ4v) is 13.0. The molecule has 0 aromatic carbocycles. The molecule has 0 saturated carbocycles. The fraction of sp³-hybridized carbons (Fsp3) is 0.769. The minimum Gasteiger partial charge on any atom is -0.488 e. The summed E-state index contributed by atoms with van der Waals surface area (Å²) in [5, 5.41) is 9.05. The lowest BCUT2D eigenvalue weighted by Gasteiger charge is -2.39. The van der Waals surface area contributed by atoms with Crippen LogP contribution in [0.15, 0.2) is 11.8 Å². The predicted octanol–water partition coefficient (Wildman–Crippen LogP) is 3.98.